The Hall–Kier alpha value is -1.26. The third-order valence-corrected chi connectivity index (χ3v) is 3.16. The summed E-state index contributed by atoms with van der Waals surface area (Å²) in [5.41, 5.74) is 1.16. The molecule has 0 bridgehead atoms. The lowest BCUT2D eigenvalue weighted by Gasteiger charge is -2.21. The molecule has 3 rings (SSSR count). The van der Waals surface area contributed by atoms with Gasteiger partial charge in [0.25, 0.3) is 0 Å². The van der Waals surface area contributed by atoms with Crippen LogP contribution in [0.1, 0.15) is 12.0 Å². The lowest BCUT2D eigenvalue weighted by Crippen LogP contribution is -2.29. The van der Waals surface area contributed by atoms with E-state index in [-0.39, 0.29) is 0 Å². The minimum Gasteiger partial charge on any atom is -0.486 e. The molecule has 2 aliphatic rings. The highest BCUT2D eigenvalue weighted by molar-refractivity contribution is 5.47. The van der Waals surface area contributed by atoms with Gasteiger partial charge in [0.15, 0.2) is 11.5 Å². The second-order valence-electron chi connectivity index (χ2n) is 4.38. The molecule has 4 heteroatoms. The van der Waals surface area contributed by atoms with Crippen LogP contribution in [-0.2, 0) is 11.3 Å². The molecule has 1 N–H and O–H groups in total. The third kappa shape index (κ3) is 2.37. The van der Waals surface area contributed by atoms with E-state index in [4.69, 9.17) is 14.2 Å². The predicted molar refractivity (Wildman–Crippen MR) is 63.5 cm³/mol. The van der Waals surface area contributed by atoms with E-state index in [2.05, 4.69) is 11.4 Å². The van der Waals surface area contributed by atoms with E-state index >= 15 is 0 Å². The molecule has 0 amide bonds. The number of fused-ring (bicyclic) bond motifs is 1. The van der Waals surface area contributed by atoms with Crippen molar-refractivity contribution in [2.24, 2.45) is 0 Å². The van der Waals surface area contributed by atoms with Gasteiger partial charge in [0.1, 0.15) is 13.2 Å². The van der Waals surface area contributed by atoms with Crippen LogP contribution in [0.3, 0.4) is 0 Å². The van der Waals surface area contributed by atoms with Crippen LogP contribution in [0.15, 0.2) is 18.2 Å². The van der Waals surface area contributed by atoms with E-state index in [9.17, 15) is 0 Å². The molecule has 1 saturated heterocycles. The van der Waals surface area contributed by atoms with Gasteiger partial charge in [-0.1, -0.05) is 12.1 Å². The number of para-hydroxylation sites is 1. The Bertz CT molecular complexity index is 388. The minimum atomic E-state index is 0.468. The largest absolute Gasteiger partial charge is 0.486 e. The number of hydrogen-bond donors (Lipinski definition) is 1. The molecular weight excluding hydrogens is 218 g/mol. The molecule has 0 spiro atoms. The van der Waals surface area contributed by atoms with Crippen LogP contribution in [0.5, 0.6) is 11.5 Å². The predicted octanol–water partition coefficient (Wildman–Crippen LogP) is 1.34. The third-order valence-electron chi connectivity index (χ3n) is 3.16. The number of hydrogen-bond acceptors (Lipinski definition) is 4. The first-order valence-electron chi connectivity index (χ1n) is 6.12. The molecule has 0 saturated carbocycles. The molecule has 0 aliphatic carbocycles. The molecule has 17 heavy (non-hydrogen) atoms. The van der Waals surface area contributed by atoms with Crippen molar-refractivity contribution >= 4 is 0 Å². The second-order valence-corrected chi connectivity index (χ2v) is 4.38. The topological polar surface area (TPSA) is 39.7 Å². The summed E-state index contributed by atoms with van der Waals surface area (Å²) in [5, 5.41) is 3.49. The van der Waals surface area contributed by atoms with E-state index < -0.39 is 0 Å². The summed E-state index contributed by atoms with van der Waals surface area (Å²) < 4.78 is 16.6. The second kappa shape index (κ2) is 4.94. The molecule has 1 unspecified atom stereocenters. The summed E-state index contributed by atoms with van der Waals surface area (Å²) >= 11 is 0. The van der Waals surface area contributed by atoms with Crippen molar-refractivity contribution in [2.45, 2.75) is 19.0 Å². The zero-order valence-corrected chi connectivity index (χ0v) is 9.78. The van der Waals surface area contributed by atoms with Crippen LogP contribution >= 0.6 is 0 Å². The molecule has 1 atom stereocenters. The van der Waals surface area contributed by atoms with Crippen molar-refractivity contribution in [1.82, 2.24) is 5.32 Å². The Morgan fingerprint density at radius 2 is 2.12 bits per heavy atom. The van der Waals surface area contributed by atoms with Gasteiger partial charge in [-0.15, -0.1) is 0 Å². The maximum atomic E-state index is 5.67. The molecule has 4 nitrogen and oxygen atoms in total. The summed E-state index contributed by atoms with van der Waals surface area (Å²) in [6.45, 7) is 3.76. The Labute approximate surface area is 101 Å². The molecule has 92 valence electrons. The van der Waals surface area contributed by atoms with Crippen molar-refractivity contribution < 1.29 is 14.2 Å². The maximum Gasteiger partial charge on any atom is 0.165 e. The first-order valence-corrected chi connectivity index (χ1v) is 6.12. The number of benzene rings is 1. The quantitative estimate of drug-likeness (QED) is 0.858. The van der Waals surface area contributed by atoms with E-state index in [1.165, 1.54) is 0 Å². The average molecular weight is 235 g/mol. The molecule has 2 aliphatic heterocycles. The van der Waals surface area contributed by atoms with Crippen molar-refractivity contribution in [3.05, 3.63) is 23.8 Å². The Kier molecular flexibility index (Phi) is 3.16. The Balaban J connectivity index is 1.69. The van der Waals surface area contributed by atoms with Crippen molar-refractivity contribution in [3.8, 4) is 11.5 Å². The van der Waals surface area contributed by atoms with Gasteiger partial charge in [-0.05, 0) is 12.5 Å². The number of ether oxygens (including phenoxy) is 3. The summed E-state index contributed by atoms with van der Waals surface area (Å²) in [6, 6.07) is 6.51. The molecule has 1 fully saturated rings. The molecule has 1 aromatic rings. The van der Waals surface area contributed by atoms with Crippen LogP contribution < -0.4 is 14.8 Å². The standard InChI is InChI=1S/C13H17NO3/c1-2-10(8-14-11-4-5-15-9-11)13-12(3-1)16-6-7-17-13/h1-3,11,14H,4-9H2. The highest BCUT2D eigenvalue weighted by atomic mass is 16.6. The molecule has 0 aromatic heterocycles. The lowest BCUT2D eigenvalue weighted by atomic mass is 10.1. The van der Waals surface area contributed by atoms with Crippen molar-refractivity contribution in [1.29, 1.82) is 0 Å². The molecule has 1 aromatic carbocycles. The maximum absolute atomic E-state index is 5.67. The number of nitrogens with one attached hydrogen (secondary N) is 1. The fraction of sp³-hybridized carbons (Fsp3) is 0.538. The summed E-state index contributed by atoms with van der Waals surface area (Å²) in [4.78, 5) is 0. The van der Waals surface area contributed by atoms with E-state index in [1.807, 2.05) is 12.1 Å². The summed E-state index contributed by atoms with van der Waals surface area (Å²) in [6.07, 6.45) is 1.09. The number of rotatable bonds is 3. The Morgan fingerprint density at radius 1 is 1.18 bits per heavy atom. The van der Waals surface area contributed by atoms with E-state index in [1.54, 1.807) is 0 Å². The van der Waals surface area contributed by atoms with Crippen LogP contribution in [0.2, 0.25) is 0 Å². The fourth-order valence-electron chi connectivity index (χ4n) is 2.22. The SMILES string of the molecule is c1cc(CNC2CCOC2)c2c(c1)OCCO2. The highest BCUT2D eigenvalue weighted by Gasteiger charge is 2.18. The first kappa shape index (κ1) is 10.9. The average Bonchev–Trinajstić information content (AvgIpc) is 2.89. The van der Waals surface area contributed by atoms with Crippen molar-refractivity contribution in [3.63, 3.8) is 0 Å². The fourth-order valence-corrected chi connectivity index (χ4v) is 2.22. The van der Waals surface area contributed by atoms with Crippen molar-refractivity contribution in [2.75, 3.05) is 26.4 Å². The summed E-state index contributed by atoms with van der Waals surface area (Å²) in [5.74, 6) is 1.75. The molecule has 0 radical (unpaired) electrons. The smallest absolute Gasteiger partial charge is 0.165 e. The minimum absolute atomic E-state index is 0.468. The van der Waals surface area contributed by atoms with Gasteiger partial charge >= 0.3 is 0 Å². The zero-order chi connectivity index (χ0) is 11.5. The zero-order valence-electron chi connectivity index (χ0n) is 9.78. The van der Waals surface area contributed by atoms with E-state index in [0.717, 1.165) is 43.2 Å². The van der Waals surface area contributed by atoms with Crippen LogP contribution in [0.25, 0.3) is 0 Å². The van der Waals surface area contributed by atoms with Gasteiger partial charge in [0, 0.05) is 24.8 Å². The van der Waals surface area contributed by atoms with Gasteiger partial charge in [-0.25, -0.2) is 0 Å². The first-order chi connectivity index (χ1) is 8.43. The molecular formula is C13H17NO3. The van der Waals surface area contributed by atoms with Crippen LogP contribution in [0.4, 0.5) is 0 Å². The lowest BCUT2D eigenvalue weighted by molar-refractivity contribution is 0.169. The highest BCUT2D eigenvalue weighted by Crippen LogP contribution is 2.33. The van der Waals surface area contributed by atoms with Gasteiger partial charge in [-0.3, -0.25) is 0 Å². The van der Waals surface area contributed by atoms with Crippen LogP contribution in [0, 0.1) is 0 Å². The van der Waals surface area contributed by atoms with Gasteiger partial charge in [0.2, 0.25) is 0 Å². The monoisotopic (exact) mass is 235 g/mol. The van der Waals surface area contributed by atoms with Crippen LogP contribution in [-0.4, -0.2) is 32.5 Å². The molecule has 2 heterocycles. The van der Waals surface area contributed by atoms with Gasteiger partial charge < -0.3 is 19.5 Å². The normalized spacial score (nSPS) is 22.7. The Morgan fingerprint density at radius 3 is 3.00 bits per heavy atom. The van der Waals surface area contributed by atoms with Gasteiger partial charge in [-0.2, -0.15) is 0 Å². The summed E-state index contributed by atoms with van der Waals surface area (Å²) in [7, 11) is 0. The van der Waals surface area contributed by atoms with E-state index in [0.29, 0.717) is 19.3 Å². The van der Waals surface area contributed by atoms with Gasteiger partial charge in [0.05, 0.1) is 6.61 Å².